The zero-order chi connectivity index (χ0) is 13.1. The van der Waals surface area contributed by atoms with Gasteiger partial charge < -0.3 is 15.5 Å². The largest absolute Gasteiger partial charge is 0.466 e. The van der Waals surface area contributed by atoms with Gasteiger partial charge in [0.25, 0.3) is 0 Å². The number of nitrogen functional groups attached to an aromatic ring is 1. The van der Waals surface area contributed by atoms with Gasteiger partial charge >= 0.3 is 0 Å². The van der Waals surface area contributed by atoms with Crippen LogP contribution >= 0.6 is 0 Å². The standard InChI is InChI=1S/C15H20N2O/c1-10-8-14(12(3)18-10)11(2)17-9-13-6-4-5-7-15(13)16/h4-8,11,17H,9,16H2,1-3H3. The zero-order valence-electron chi connectivity index (χ0n) is 11.2. The van der Waals surface area contributed by atoms with E-state index in [-0.39, 0.29) is 6.04 Å². The molecule has 0 saturated carbocycles. The van der Waals surface area contributed by atoms with Crippen LogP contribution in [0.2, 0.25) is 0 Å². The van der Waals surface area contributed by atoms with Crippen LogP contribution in [0.4, 0.5) is 5.69 Å². The Labute approximate surface area is 108 Å². The first kappa shape index (κ1) is 12.7. The lowest BCUT2D eigenvalue weighted by atomic mass is 10.1. The molecule has 0 fully saturated rings. The van der Waals surface area contributed by atoms with Gasteiger partial charge in [0.15, 0.2) is 0 Å². The summed E-state index contributed by atoms with van der Waals surface area (Å²) in [6.07, 6.45) is 0. The van der Waals surface area contributed by atoms with Crippen LogP contribution < -0.4 is 11.1 Å². The summed E-state index contributed by atoms with van der Waals surface area (Å²) in [4.78, 5) is 0. The van der Waals surface area contributed by atoms with Gasteiger partial charge in [-0.15, -0.1) is 0 Å². The maximum atomic E-state index is 5.92. The van der Waals surface area contributed by atoms with Gasteiger partial charge in [0.1, 0.15) is 11.5 Å². The molecule has 1 unspecified atom stereocenters. The fraction of sp³-hybridized carbons (Fsp3) is 0.333. The van der Waals surface area contributed by atoms with Gasteiger partial charge in [0.2, 0.25) is 0 Å². The fourth-order valence-electron chi connectivity index (χ4n) is 2.15. The third-order valence-corrected chi connectivity index (χ3v) is 3.20. The van der Waals surface area contributed by atoms with Crippen LogP contribution in [-0.4, -0.2) is 0 Å². The number of hydrogen-bond donors (Lipinski definition) is 2. The molecule has 2 rings (SSSR count). The number of rotatable bonds is 4. The van der Waals surface area contributed by atoms with Crippen LogP contribution in [0.3, 0.4) is 0 Å². The highest BCUT2D eigenvalue weighted by atomic mass is 16.3. The van der Waals surface area contributed by atoms with Crippen molar-refractivity contribution in [2.24, 2.45) is 0 Å². The van der Waals surface area contributed by atoms with E-state index < -0.39 is 0 Å². The molecule has 1 aromatic heterocycles. The highest BCUT2D eigenvalue weighted by Gasteiger charge is 2.12. The predicted molar refractivity (Wildman–Crippen MR) is 74.3 cm³/mol. The SMILES string of the molecule is Cc1cc(C(C)NCc2ccccc2N)c(C)o1. The molecule has 0 saturated heterocycles. The first-order chi connectivity index (χ1) is 8.58. The normalized spacial score (nSPS) is 12.6. The summed E-state index contributed by atoms with van der Waals surface area (Å²) in [5, 5.41) is 3.47. The van der Waals surface area contributed by atoms with E-state index in [0.717, 1.165) is 29.3 Å². The molecule has 0 bridgehead atoms. The second-order valence-electron chi connectivity index (χ2n) is 4.67. The number of anilines is 1. The van der Waals surface area contributed by atoms with E-state index in [4.69, 9.17) is 10.2 Å². The smallest absolute Gasteiger partial charge is 0.105 e. The summed E-state index contributed by atoms with van der Waals surface area (Å²) in [6, 6.07) is 10.3. The van der Waals surface area contributed by atoms with Crippen LogP contribution in [0.5, 0.6) is 0 Å². The van der Waals surface area contributed by atoms with E-state index in [1.165, 1.54) is 5.56 Å². The summed E-state index contributed by atoms with van der Waals surface area (Å²) in [5.74, 6) is 1.93. The molecule has 1 atom stereocenters. The quantitative estimate of drug-likeness (QED) is 0.811. The number of para-hydroxylation sites is 1. The number of nitrogens with two attached hydrogens (primary N) is 1. The Hall–Kier alpha value is -1.74. The monoisotopic (exact) mass is 244 g/mol. The third-order valence-electron chi connectivity index (χ3n) is 3.20. The van der Waals surface area contributed by atoms with Gasteiger partial charge in [-0.05, 0) is 38.5 Å². The Bertz CT molecular complexity index is 531. The molecule has 3 heteroatoms. The van der Waals surface area contributed by atoms with Crippen molar-refractivity contribution < 1.29 is 4.42 Å². The number of benzene rings is 1. The van der Waals surface area contributed by atoms with E-state index in [1.807, 2.05) is 38.1 Å². The van der Waals surface area contributed by atoms with Crippen molar-refractivity contribution in [3.8, 4) is 0 Å². The van der Waals surface area contributed by atoms with E-state index in [1.54, 1.807) is 0 Å². The molecule has 18 heavy (non-hydrogen) atoms. The summed E-state index contributed by atoms with van der Waals surface area (Å²) in [7, 11) is 0. The maximum absolute atomic E-state index is 5.92. The van der Waals surface area contributed by atoms with E-state index in [0.29, 0.717) is 0 Å². The van der Waals surface area contributed by atoms with Gasteiger partial charge in [-0.2, -0.15) is 0 Å². The average Bonchev–Trinajstić information content (AvgIpc) is 2.67. The first-order valence-corrected chi connectivity index (χ1v) is 6.21. The van der Waals surface area contributed by atoms with E-state index in [9.17, 15) is 0 Å². The molecule has 0 radical (unpaired) electrons. The second-order valence-corrected chi connectivity index (χ2v) is 4.67. The lowest BCUT2D eigenvalue weighted by Crippen LogP contribution is -2.19. The van der Waals surface area contributed by atoms with Crippen molar-refractivity contribution in [1.29, 1.82) is 0 Å². The van der Waals surface area contributed by atoms with Crippen LogP contribution in [0.1, 0.15) is 35.6 Å². The zero-order valence-corrected chi connectivity index (χ0v) is 11.2. The Kier molecular flexibility index (Phi) is 3.72. The molecule has 1 heterocycles. The van der Waals surface area contributed by atoms with Gasteiger partial charge in [0.05, 0.1) is 0 Å². The van der Waals surface area contributed by atoms with Crippen LogP contribution in [0.25, 0.3) is 0 Å². The number of hydrogen-bond acceptors (Lipinski definition) is 3. The molecule has 96 valence electrons. The molecule has 2 aromatic rings. The molecule has 3 N–H and O–H groups in total. The minimum absolute atomic E-state index is 0.252. The molecule has 0 spiro atoms. The number of furan rings is 1. The third kappa shape index (κ3) is 2.74. The van der Waals surface area contributed by atoms with Gasteiger partial charge in [-0.1, -0.05) is 18.2 Å². The Balaban J connectivity index is 2.03. The molecule has 0 aliphatic rings. The number of aryl methyl sites for hydroxylation is 2. The summed E-state index contributed by atoms with van der Waals surface area (Å²) in [5.41, 5.74) is 9.09. The van der Waals surface area contributed by atoms with Crippen LogP contribution in [0.15, 0.2) is 34.7 Å². The van der Waals surface area contributed by atoms with E-state index in [2.05, 4.69) is 18.3 Å². The van der Waals surface area contributed by atoms with Crippen LogP contribution in [0, 0.1) is 13.8 Å². The predicted octanol–water partition coefficient (Wildman–Crippen LogP) is 3.33. The van der Waals surface area contributed by atoms with Crippen molar-refractivity contribution in [3.63, 3.8) is 0 Å². The Morgan fingerprint density at radius 1 is 1.28 bits per heavy atom. The second kappa shape index (κ2) is 5.27. The highest BCUT2D eigenvalue weighted by Crippen LogP contribution is 2.22. The first-order valence-electron chi connectivity index (χ1n) is 6.21. The minimum atomic E-state index is 0.252. The summed E-state index contributed by atoms with van der Waals surface area (Å²) < 4.78 is 5.55. The number of nitrogens with one attached hydrogen (secondary N) is 1. The lowest BCUT2D eigenvalue weighted by Gasteiger charge is -2.14. The van der Waals surface area contributed by atoms with E-state index >= 15 is 0 Å². The fourth-order valence-corrected chi connectivity index (χ4v) is 2.15. The Morgan fingerprint density at radius 3 is 2.61 bits per heavy atom. The molecular weight excluding hydrogens is 224 g/mol. The summed E-state index contributed by atoms with van der Waals surface area (Å²) >= 11 is 0. The van der Waals surface area contributed by atoms with Crippen molar-refractivity contribution in [2.75, 3.05) is 5.73 Å². The van der Waals surface area contributed by atoms with Crippen molar-refractivity contribution in [3.05, 3.63) is 53.0 Å². The maximum Gasteiger partial charge on any atom is 0.105 e. The molecule has 0 amide bonds. The molecule has 0 aliphatic heterocycles. The summed E-state index contributed by atoms with van der Waals surface area (Å²) in [6.45, 7) is 6.86. The highest BCUT2D eigenvalue weighted by molar-refractivity contribution is 5.46. The molecule has 3 nitrogen and oxygen atoms in total. The topological polar surface area (TPSA) is 51.2 Å². The van der Waals surface area contributed by atoms with Gasteiger partial charge in [0, 0.05) is 23.8 Å². The minimum Gasteiger partial charge on any atom is -0.466 e. The van der Waals surface area contributed by atoms with Crippen molar-refractivity contribution in [1.82, 2.24) is 5.32 Å². The van der Waals surface area contributed by atoms with Gasteiger partial charge in [-0.3, -0.25) is 0 Å². The molecule has 0 aliphatic carbocycles. The van der Waals surface area contributed by atoms with Crippen LogP contribution in [-0.2, 0) is 6.54 Å². The lowest BCUT2D eigenvalue weighted by molar-refractivity contribution is 0.490. The van der Waals surface area contributed by atoms with Gasteiger partial charge in [-0.25, -0.2) is 0 Å². The van der Waals surface area contributed by atoms with Crippen molar-refractivity contribution in [2.45, 2.75) is 33.4 Å². The van der Waals surface area contributed by atoms with Crippen molar-refractivity contribution >= 4 is 5.69 Å². The average molecular weight is 244 g/mol. The Morgan fingerprint density at radius 2 is 2.00 bits per heavy atom. The molecular formula is C15H20N2O. The molecule has 1 aromatic carbocycles.